The fraction of sp³-hybridized carbons (Fsp3) is 0.588. The molecule has 4 heteroatoms. The van der Waals surface area contributed by atoms with E-state index in [1.807, 2.05) is 12.1 Å². The summed E-state index contributed by atoms with van der Waals surface area (Å²) in [6.45, 7) is 6.15. The van der Waals surface area contributed by atoms with Gasteiger partial charge in [-0.2, -0.15) is 0 Å². The van der Waals surface area contributed by atoms with Crippen LogP contribution in [0, 0.1) is 5.41 Å². The van der Waals surface area contributed by atoms with Gasteiger partial charge in [-0.15, -0.1) is 0 Å². The molecule has 0 unspecified atom stereocenters. The van der Waals surface area contributed by atoms with Crippen LogP contribution < -0.4 is 10.6 Å². The lowest BCUT2D eigenvalue weighted by Crippen LogP contribution is -2.45. The molecule has 0 spiro atoms. The van der Waals surface area contributed by atoms with Crippen molar-refractivity contribution >= 4 is 27.5 Å². The van der Waals surface area contributed by atoms with Crippen LogP contribution in [-0.4, -0.2) is 19.0 Å². The van der Waals surface area contributed by atoms with Gasteiger partial charge < -0.3 is 10.6 Å². The first-order valence-corrected chi connectivity index (χ1v) is 8.71. The molecule has 2 N–H and O–H groups in total. The largest absolute Gasteiger partial charge is 0.325 e. The minimum atomic E-state index is -0.196. The number of rotatable bonds is 5. The first-order chi connectivity index (χ1) is 10.1. The van der Waals surface area contributed by atoms with E-state index < -0.39 is 0 Å². The molecule has 1 aromatic rings. The van der Waals surface area contributed by atoms with Gasteiger partial charge in [0, 0.05) is 10.2 Å². The molecular formula is C17H25BrN2O. The number of hydrogen-bond donors (Lipinski definition) is 2. The number of piperidine rings is 1. The molecule has 2 rings (SSSR count). The highest BCUT2D eigenvalue weighted by molar-refractivity contribution is 9.10. The van der Waals surface area contributed by atoms with Gasteiger partial charge in [0.2, 0.25) is 5.91 Å². The SMILES string of the molecule is CCCC1(C(=O)Nc2ccc(Br)cc2CC)CCNCC1. The predicted octanol–water partition coefficient (Wildman–Crippen LogP) is 4.12. The van der Waals surface area contributed by atoms with E-state index in [0.717, 1.165) is 55.4 Å². The summed E-state index contributed by atoms with van der Waals surface area (Å²) in [6.07, 6.45) is 4.81. The van der Waals surface area contributed by atoms with E-state index in [4.69, 9.17) is 0 Å². The number of hydrogen-bond acceptors (Lipinski definition) is 2. The second-order valence-corrected chi connectivity index (χ2v) is 6.81. The van der Waals surface area contributed by atoms with Crippen LogP contribution in [0.5, 0.6) is 0 Å². The molecule has 116 valence electrons. The Bertz CT molecular complexity index is 490. The summed E-state index contributed by atoms with van der Waals surface area (Å²) in [6, 6.07) is 6.08. The fourth-order valence-corrected chi connectivity index (χ4v) is 3.61. The van der Waals surface area contributed by atoms with E-state index in [1.54, 1.807) is 0 Å². The second-order valence-electron chi connectivity index (χ2n) is 5.89. The Labute approximate surface area is 136 Å². The number of nitrogens with one attached hydrogen (secondary N) is 2. The van der Waals surface area contributed by atoms with E-state index in [-0.39, 0.29) is 11.3 Å². The molecule has 3 nitrogen and oxygen atoms in total. The predicted molar refractivity (Wildman–Crippen MR) is 91.6 cm³/mol. The molecule has 1 fully saturated rings. The summed E-state index contributed by atoms with van der Waals surface area (Å²) in [5.41, 5.74) is 1.94. The molecule has 0 saturated carbocycles. The Hall–Kier alpha value is -0.870. The lowest BCUT2D eigenvalue weighted by Gasteiger charge is -2.36. The average molecular weight is 353 g/mol. The first-order valence-electron chi connectivity index (χ1n) is 7.92. The summed E-state index contributed by atoms with van der Waals surface area (Å²) in [5.74, 6) is 0.197. The van der Waals surface area contributed by atoms with Gasteiger partial charge in [-0.1, -0.05) is 36.2 Å². The van der Waals surface area contributed by atoms with Gasteiger partial charge >= 0.3 is 0 Å². The Kier molecular flexibility index (Phi) is 5.82. The lowest BCUT2D eigenvalue weighted by atomic mass is 9.74. The second kappa shape index (κ2) is 7.41. The summed E-state index contributed by atoms with van der Waals surface area (Å²) in [5, 5.41) is 6.56. The van der Waals surface area contributed by atoms with Crippen LogP contribution in [0.15, 0.2) is 22.7 Å². The molecule has 0 atom stereocenters. The minimum absolute atomic E-state index is 0.196. The number of amides is 1. The van der Waals surface area contributed by atoms with E-state index in [2.05, 4.69) is 46.5 Å². The molecule has 1 heterocycles. The molecule has 1 aromatic carbocycles. The topological polar surface area (TPSA) is 41.1 Å². The zero-order valence-electron chi connectivity index (χ0n) is 13.0. The van der Waals surface area contributed by atoms with Crippen LogP contribution >= 0.6 is 15.9 Å². The minimum Gasteiger partial charge on any atom is -0.325 e. The zero-order chi connectivity index (χ0) is 15.3. The molecule has 1 aliphatic heterocycles. The maximum atomic E-state index is 12.9. The van der Waals surface area contributed by atoms with Gasteiger partial charge in [0.15, 0.2) is 0 Å². The molecule has 1 amide bonds. The van der Waals surface area contributed by atoms with Crippen molar-refractivity contribution in [2.45, 2.75) is 46.0 Å². The van der Waals surface area contributed by atoms with E-state index >= 15 is 0 Å². The molecule has 1 saturated heterocycles. The van der Waals surface area contributed by atoms with Crippen LogP contribution in [0.2, 0.25) is 0 Å². The normalized spacial score (nSPS) is 17.5. The molecule has 1 aliphatic rings. The standard InChI is InChI=1S/C17H25BrN2O/c1-3-7-17(8-10-19-11-9-17)16(21)20-15-6-5-14(18)12-13(15)4-2/h5-6,12,19H,3-4,7-11H2,1-2H3,(H,20,21). The molecule has 0 radical (unpaired) electrons. The van der Waals surface area contributed by atoms with Crippen LogP contribution in [0.4, 0.5) is 5.69 Å². The summed E-state index contributed by atoms with van der Waals surface area (Å²) < 4.78 is 1.06. The van der Waals surface area contributed by atoms with Crippen molar-refractivity contribution in [3.8, 4) is 0 Å². The third-order valence-corrected chi connectivity index (χ3v) is 4.96. The highest BCUT2D eigenvalue weighted by Crippen LogP contribution is 2.36. The van der Waals surface area contributed by atoms with Gasteiger partial charge in [-0.05, 0) is 62.5 Å². The summed E-state index contributed by atoms with van der Waals surface area (Å²) in [4.78, 5) is 12.9. The average Bonchev–Trinajstić information content (AvgIpc) is 2.50. The summed E-state index contributed by atoms with van der Waals surface area (Å²) in [7, 11) is 0. The van der Waals surface area contributed by atoms with Gasteiger partial charge in [0.1, 0.15) is 0 Å². The molecular weight excluding hydrogens is 328 g/mol. The Morgan fingerprint density at radius 3 is 2.67 bits per heavy atom. The number of anilines is 1. The third-order valence-electron chi connectivity index (χ3n) is 4.47. The highest BCUT2D eigenvalue weighted by Gasteiger charge is 2.38. The van der Waals surface area contributed by atoms with Crippen LogP contribution in [-0.2, 0) is 11.2 Å². The van der Waals surface area contributed by atoms with Crippen LogP contribution in [0.1, 0.15) is 45.1 Å². The third kappa shape index (κ3) is 3.86. The lowest BCUT2D eigenvalue weighted by molar-refractivity contribution is -0.127. The van der Waals surface area contributed by atoms with Crippen LogP contribution in [0.3, 0.4) is 0 Å². The molecule has 0 aliphatic carbocycles. The van der Waals surface area contributed by atoms with Gasteiger partial charge in [0.25, 0.3) is 0 Å². The first kappa shape index (κ1) is 16.5. The van der Waals surface area contributed by atoms with Crippen molar-refractivity contribution in [2.75, 3.05) is 18.4 Å². The van der Waals surface area contributed by atoms with Crippen molar-refractivity contribution in [1.82, 2.24) is 5.32 Å². The molecule has 0 bridgehead atoms. The monoisotopic (exact) mass is 352 g/mol. The van der Waals surface area contributed by atoms with Crippen molar-refractivity contribution in [3.63, 3.8) is 0 Å². The van der Waals surface area contributed by atoms with Crippen LogP contribution in [0.25, 0.3) is 0 Å². The zero-order valence-corrected chi connectivity index (χ0v) is 14.6. The number of halogens is 1. The summed E-state index contributed by atoms with van der Waals surface area (Å²) >= 11 is 3.49. The smallest absolute Gasteiger partial charge is 0.230 e. The Morgan fingerprint density at radius 2 is 2.05 bits per heavy atom. The Balaban J connectivity index is 2.19. The maximum absolute atomic E-state index is 12.9. The van der Waals surface area contributed by atoms with E-state index in [0.29, 0.717) is 0 Å². The van der Waals surface area contributed by atoms with E-state index in [1.165, 1.54) is 5.56 Å². The Morgan fingerprint density at radius 1 is 1.33 bits per heavy atom. The van der Waals surface area contributed by atoms with Crippen molar-refractivity contribution in [3.05, 3.63) is 28.2 Å². The van der Waals surface area contributed by atoms with Gasteiger partial charge in [-0.25, -0.2) is 0 Å². The highest BCUT2D eigenvalue weighted by atomic mass is 79.9. The number of carbonyl (C=O) groups is 1. The fourth-order valence-electron chi connectivity index (χ4n) is 3.21. The van der Waals surface area contributed by atoms with Gasteiger partial charge in [0.05, 0.1) is 5.41 Å². The van der Waals surface area contributed by atoms with Gasteiger partial charge in [-0.3, -0.25) is 4.79 Å². The van der Waals surface area contributed by atoms with Crippen molar-refractivity contribution < 1.29 is 4.79 Å². The van der Waals surface area contributed by atoms with Crippen molar-refractivity contribution in [2.24, 2.45) is 5.41 Å². The quantitative estimate of drug-likeness (QED) is 0.836. The number of benzene rings is 1. The number of aryl methyl sites for hydroxylation is 1. The maximum Gasteiger partial charge on any atom is 0.230 e. The van der Waals surface area contributed by atoms with E-state index in [9.17, 15) is 4.79 Å². The molecule has 0 aromatic heterocycles. The number of carbonyl (C=O) groups excluding carboxylic acids is 1. The molecule has 21 heavy (non-hydrogen) atoms. The van der Waals surface area contributed by atoms with Crippen molar-refractivity contribution in [1.29, 1.82) is 0 Å².